The molecular formula is C34H18O4P2S2. The molecule has 0 radical (unpaired) electrons. The molecule has 4 heterocycles. The average Bonchev–Trinajstić information content (AvgIpc) is 3.00. The summed E-state index contributed by atoms with van der Waals surface area (Å²) in [4.78, 5) is 0. The van der Waals surface area contributed by atoms with Gasteiger partial charge in [0.05, 0.1) is 22.7 Å². The average molecular weight is 617 g/mol. The minimum absolute atomic E-state index is 0.766. The summed E-state index contributed by atoms with van der Waals surface area (Å²) < 4.78 is 25.8. The monoisotopic (exact) mass is 616 g/mol. The van der Waals surface area contributed by atoms with E-state index in [0.717, 1.165) is 88.6 Å². The van der Waals surface area contributed by atoms with Crippen LogP contribution in [0.5, 0.6) is 46.0 Å². The van der Waals surface area contributed by atoms with E-state index in [0.29, 0.717) is 0 Å². The summed E-state index contributed by atoms with van der Waals surface area (Å²) in [7, 11) is 0. The standard InChI is InChI=1S/C34H18O4P2S2/c41-39-29-13-3-1-7-21(29)35-23-9-5-11-25(33(23)39)37-27-15-20-18-32-28(16-19(20)17-31(27)39)38-26-12-6-10-24-34(26)40(32,42)30-14-4-2-8-22(30)36-24/h1-18H. The third kappa shape index (κ3) is 2.79. The molecule has 0 fully saturated rings. The van der Waals surface area contributed by atoms with Crippen molar-refractivity contribution < 1.29 is 18.9 Å². The number of hydrogen-bond donors (Lipinski definition) is 0. The molecule has 0 aromatic heterocycles. The van der Waals surface area contributed by atoms with Crippen molar-refractivity contribution >= 4 is 78.3 Å². The summed E-state index contributed by atoms with van der Waals surface area (Å²) in [6.07, 6.45) is 0. The molecule has 0 N–H and O–H groups in total. The van der Waals surface area contributed by atoms with Crippen molar-refractivity contribution in [3.05, 3.63) is 109 Å². The van der Waals surface area contributed by atoms with Gasteiger partial charge in [0.1, 0.15) is 46.0 Å². The predicted molar refractivity (Wildman–Crippen MR) is 176 cm³/mol. The van der Waals surface area contributed by atoms with E-state index in [1.165, 1.54) is 0 Å². The second-order valence-corrected chi connectivity index (χ2v) is 19.3. The van der Waals surface area contributed by atoms with E-state index < -0.39 is 12.1 Å². The highest BCUT2D eigenvalue weighted by Gasteiger charge is 2.44. The molecule has 0 amide bonds. The Balaban J connectivity index is 1.26. The molecule has 200 valence electrons. The van der Waals surface area contributed by atoms with Crippen molar-refractivity contribution in [3.63, 3.8) is 0 Å². The smallest absolute Gasteiger partial charge is 0.140 e. The SMILES string of the molecule is S=P12c3ccccc3Oc3cccc(c31)Oc1cc3cc4c(cc3cc12)Oc1cccc2c1P4(=S)c1ccccc1O2. The van der Waals surface area contributed by atoms with Crippen LogP contribution < -0.4 is 50.8 Å². The molecule has 0 saturated carbocycles. The summed E-state index contributed by atoms with van der Waals surface area (Å²) in [6, 6.07) is 31.9. The normalized spacial score (nSPS) is 21.0. The van der Waals surface area contributed by atoms with Gasteiger partial charge in [0.25, 0.3) is 0 Å². The highest BCUT2D eigenvalue weighted by molar-refractivity contribution is 8.26. The van der Waals surface area contributed by atoms with Crippen LogP contribution in [0, 0.1) is 0 Å². The van der Waals surface area contributed by atoms with Crippen molar-refractivity contribution in [2.75, 3.05) is 0 Å². The lowest BCUT2D eigenvalue weighted by atomic mass is 10.1. The molecule has 2 atom stereocenters. The minimum Gasteiger partial charge on any atom is -0.456 e. The van der Waals surface area contributed by atoms with E-state index in [1.54, 1.807) is 0 Å². The first-order chi connectivity index (χ1) is 20.5. The van der Waals surface area contributed by atoms with Crippen LogP contribution in [-0.4, -0.2) is 0 Å². The molecule has 0 aliphatic carbocycles. The first-order valence-electron chi connectivity index (χ1n) is 13.5. The van der Waals surface area contributed by atoms with Crippen LogP contribution in [0.1, 0.15) is 0 Å². The van der Waals surface area contributed by atoms with Crippen LogP contribution >= 0.6 is 12.1 Å². The van der Waals surface area contributed by atoms with Crippen LogP contribution in [0.15, 0.2) is 109 Å². The first-order valence-corrected chi connectivity index (χ1v) is 19.1. The van der Waals surface area contributed by atoms with Crippen LogP contribution in [-0.2, 0) is 23.6 Å². The van der Waals surface area contributed by atoms with E-state index in [1.807, 2.05) is 72.8 Å². The molecule has 0 bridgehead atoms. The summed E-state index contributed by atoms with van der Waals surface area (Å²) in [6.45, 7) is 0. The van der Waals surface area contributed by atoms with Gasteiger partial charge >= 0.3 is 0 Å². The number of fused-ring (bicyclic) bond motifs is 9. The summed E-state index contributed by atoms with van der Waals surface area (Å²) in [5.41, 5.74) is 0. The van der Waals surface area contributed by atoms with Crippen molar-refractivity contribution in [2.45, 2.75) is 0 Å². The molecule has 8 heteroatoms. The van der Waals surface area contributed by atoms with E-state index in [2.05, 4.69) is 36.4 Å². The van der Waals surface area contributed by atoms with E-state index in [9.17, 15) is 0 Å². The molecule has 6 aromatic carbocycles. The second-order valence-electron chi connectivity index (χ2n) is 10.8. The van der Waals surface area contributed by atoms with Gasteiger partial charge in [-0.1, -0.05) is 60.0 Å². The maximum absolute atomic E-state index is 6.71. The lowest BCUT2D eigenvalue weighted by Gasteiger charge is -2.38. The molecule has 4 aliphatic heterocycles. The minimum atomic E-state index is -2.46. The third-order valence-corrected chi connectivity index (χ3v) is 18.3. The summed E-state index contributed by atoms with van der Waals surface area (Å²) >= 11 is 13.4. The van der Waals surface area contributed by atoms with Crippen LogP contribution in [0.3, 0.4) is 0 Å². The van der Waals surface area contributed by atoms with Crippen molar-refractivity contribution in [1.82, 2.24) is 0 Å². The fourth-order valence-electron chi connectivity index (χ4n) is 6.72. The van der Waals surface area contributed by atoms with Gasteiger partial charge in [0.2, 0.25) is 0 Å². The Morgan fingerprint density at radius 1 is 0.357 bits per heavy atom. The van der Waals surface area contributed by atoms with Gasteiger partial charge in [-0.25, -0.2) is 0 Å². The van der Waals surface area contributed by atoms with E-state index in [-0.39, 0.29) is 0 Å². The lowest BCUT2D eigenvalue weighted by molar-refractivity contribution is 0.465. The van der Waals surface area contributed by atoms with Gasteiger partial charge in [0, 0.05) is 21.2 Å². The Kier molecular flexibility index (Phi) is 4.45. The zero-order chi connectivity index (χ0) is 27.8. The number of para-hydroxylation sites is 2. The Bertz CT molecular complexity index is 2180. The maximum Gasteiger partial charge on any atom is 0.140 e. The van der Waals surface area contributed by atoms with Crippen LogP contribution in [0.4, 0.5) is 0 Å². The Morgan fingerprint density at radius 3 is 1.14 bits per heavy atom. The number of ether oxygens (including phenoxy) is 4. The summed E-state index contributed by atoms with van der Waals surface area (Å²) in [5, 5.41) is 8.19. The molecule has 6 aromatic rings. The zero-order valence-corrected chi connectivity index (χ0v) is 25.2. The number of benzene rings is 6. The fraction of sp³-hybridized carbons (Fsp3) is 0. The molecule has 0 spiro atoms. The highest BCUT2D eigenvalue weighted by atomic mass is 32.4. The highest BCUT2D eigenvalue weighted by Crippen LogP contribution is 2.61. The molecule has 4 aliphatic rings. The van der Waals surface area contributed by atoms with Crippen LogP contribution in [0.2, 0.25) is 0 Å². The van der Waals surface area contributed by atoms with Gasteiger partial charge in [-0.3, -0.25) is 0 Å². The van der Waals surface area contributed by atoms with Crippen molar-refractivity contribution in [2.24, 2.45) is 0 Å². The molecule has 42 heavy (non-hydrogen) atoms. The third-order valence-electron chi connectivity index (χ3n) is 8.52. The number of hydrogen-bond acceptors (Lipinski definition) is 6. The van der Waals surface area contributed by atoms with Gasteiger partial charge in [-0.15, -0.1) is 0 Å². The molecular weight excluding hydrogens is 598 g/mol. The molecule has 2 unspecified atom stereocenters. The Morgan fingerprint density at radius 2 is 0.714 bits per heavy atom. The largest absolute Gasteiger partial charge is 0.456 e. The van der Waals surface area contributed by atoms with Gasteiger partial charge in [-0.2, -0.15) is 0 Å². The first kappa shape index (κ1) is 23.6. The Labute approximate surface area is 251 Å². The number of rotatable bonds is 0. The van der Waals surface area contributed by atoms with E-state index >= 15 is 0 Å². The summed E-state index contributed by atoms with van der Waals surface area (Å²) in [5.74, 6) is 6.29. The topological polar surface area (TPSA) is 36.9 Å². The van der Waals surface area contributed by atoms with E-state index in [4.69, 9.17) is 42.6 Å². The zero-order valence-electron chi connectivity index (χ0n) is 21.7. The van der Waals surface area contributed by atoms with Gasteiger partial charge in [-0.05, 0) is 83.6 Å². The van der Waals surface area contributed by atoms with Crippen molar-refractivity contribution in [1.29, 1.82) is 0 Å². The maximum atomic E-state index is 6.71. The van der Waals surface area contributed by atoms with Gasteiger partial charge in [0.15, 0.2) is 0 Å². The van der Waals surface area contributed by atoms with Gasteiger partial charge < -0.3 is 18.9 Å². The van der Waals surface area contributed by atoms with Crippen LogP contribution in [0.25, 0.3) is 10.8 Å². The van der Waals surface area contributed by atoms with Crippen molar-refractivity contribution in [3.8, 4) is 46.0 Å². The lowest BCUT2D eigenvalue weighted by Crippen LogP contribution is -2.35. The second kappa shape index (κ2) is 7.92. The molecule has 0 saturated heterocycles. The quantitative estimate of drug-likeness (QED) is 0.175. The Hall–Kier alpha value is -3.92. The fourth-order valence-corrected chi connectivity index (χ4v) is 15.7. The molecule has 4 nitrogen and oxygen atoms in total. The predicted octanol–water partition coefficient (Wildman–Crippen LogP) is 6.77. The molecule has 10 rings (SSSR count).